The summed E-state index contributed by atoms with van der Waals surface area (Å²) < 4.78 is 16.7. The lowest BCUT2D eigenvalue weighted by molar-refractivity contribution is 0.0832. The third-order valence-electron chi connectivity index (χ3n) is 3.20. The highest BCUT2D eigenvalue weighted by molar-refractivity contribution is 7.98. The molecule has 3 rings (SSSR count). The molecule has 6 nitrogen and oxygen atoms in total. The van der Waals surface area contributed by atoms with Crippen molar-refractivity contribution in [2.75, 3.05) is 18.6 Å². The molecular formula is C14H17N3O3S. The predicted molar refractivity (Wildman–Crippen MR) is 79.5 cm³/mol. The lowest BCUT2D eigenvalue weighted by Crippen LogP contribution is -2.22. The van der Waals surface area contributed by atoms with E-state index in [0.717, 1.165) is 17.9 Å². The van der Waals surface area contributed by atoms with Crippen LogP contribution in [0.3, 0.4) is 0 Å². The molecule has 1 aromatic carbocycles. The van der Waals surface area contributed by atoms with Gasteiger partial charge in [0.25, 0.3) is 0 Å². The molecule has 0 saturated heterocycles. The van der Waals surface area contributed by atoms with E-state index in [1.165, 1.54) is 0 Å². The van der Waals surface area contributed by atoms with E-state index in [1.54, 1.807) is 11.8 Å². The van der Waals surface area contributed by atoms with Gasteiger partial charge in [-0.3, -0.25) is 0 Å². The number of thioether (sulfide) groups is 1. The van der Waals surface area contributed by atoms with Gasteiger partial charge in [-0.05, 0) is 30.6 Å². The van der Waals surface area contributed by atoms with Crippen molar-refractivity contribution in [2.24, 2.45) is 5.73 Å². The minimum Gasteiger partial charge on any atom is -0.485 e. The molecular weight excluding hydrogens is 290 g/mol. The van der Waals surface area contributed by atoms with Crippen LogP contribution in [0.2, 0.25) is 0 Å². The number of ether oxygens (including phenoxy) is 2. The van der Waals surface area contributed by atoms with Gasteiger partial charge in [-0.15, -0.1) is 0 Å². The molecule has 2 aromatic rings. The van der Waals surface area contributed by atoms with Gasteiger partial charge in [0.2, 0.25) is 11.7 Å². The molecule has 0 saturated carbocycles. The Bertz CT molecular complexity index is 605. The molecule has 112 valence electrons. The van der Waals surface area contributed by atoms with Crippen molar-refractivity contribution in [3.63, 3.8) is 0 Å². The SMILES string of the molecule is CSCC[C@H](N)c1nc(C2COc3ccccc3O2)no1. The maximum Gasteiger partial charge on any atom is 0.243 e. The van der Waals surface area contributed by atoms with E-state index >= 15 is 0 Å². The van der Waals surface area contributed by atoms with E-state index in [1.807, 2.05) is 30.5 Å². The molecule has 1 aliphatic heterocycles. The van der Waals surface area contributed by atoms with Crippen LogP contribution in [0.25, 0.3) is 0 Å². The number of hydrogen-bond donors (Lipinski definition) is 1. The predicted octanol–water partition coefficient (Wildman–Crippen LogP) is 2.33. The summed E-state index contributed by atoms with van der Waals surface area (Å²) in [4.78, 5) is 4.34. The molecule has 2 heterocycles. The number of nitrogens with two attached hydrogens (primary N) is 1. The highest BCUT2D eigenvalue weighted by Gasteiger charge is 2.27. The Hall–Kier alpha value is -1.73. The summed E-state index contributed by atoms with van der Waals surface area (Å²) in [6.07, 6.45) is 2.47. The monoisotopic (exact) mass is 307 g/mol. The van der Waals surface area contributed by atoms with Gasteiger partial charge in [0.15, 0.2) is 17.6 Å². The van der Waals surface area contributed by atoms with Crippen LogP contribution in [-0.2, 0) is 0 Å². The lowest BCUT2D eigenvalue weighted by Gasteiger charge is -2.24. The fraction of sp³-hybridized carbons (Fsp3) is 0.429. The quantitative estimate of drug-likeness (QED) is 0.907. The number of fused-ring (bicyclic) bond motifs is 1. The van der Waals surface area contributed by atoms with Gasteiger partial charge in [-0.1, -0.05) is 17.3 Å². The zero-order valence-electron chi connectivity index (χ0n) is 11.7. The first kappa shape index (κ1) is 14.2. The fourth-order valence-electron chi connectivity index (χ4n) is 2.04. The number of aromatic nitrogens is 2. The molecule has 1 unspecified atom stereocenters. The first-order chi connectivity index (χ1) is 10.3. The van der Waals surface area contributed by atoms with E-state index in [2.05, 4.69) is 10.1 Å². The van der Waals surface area contributed by atoms with Gasteiger partial charge in [0.1, 0.15) is 6.61 Å². The molecule has 0 aliphatic carbocycles. The van der Waals surface area contributed by atoms with Crippen molar-refractivity contribution in [1.82, 2.24) is 10.1 Å². The molecule has 0 spiro atoms. The normalized spacial score (nSPS) is 18.5. The molecule has 2 atom stereocenters. The molecule has 0 fully saturated rings. The van der Waals surface area contributed by atoms with E-state index in [9.17, 15) is 0 Å². The van der Waals surface area contributed by atoms with Crippen LogP contribution < -0.4 is 15.2 Å². The van der Waals surface area contributed by atoms with Crippen LogP contribution in [-0.4, -0.2) is 28.8 Å². The average Bonchev–Trinajstić information content (AvgIpc) is 3.02. The van der Waals surface area contributed by atoms with Gasteiger partial charge in [0.05, 0.1) is 6.04 Å². The lowest BCUT2D eigenvalue weighted by atomic mass is 10.2. The largest absolute Gasteiger partial charge is 0.485 e. The summed E-state index contributed by atoms with van der Waals surface area (Å²) >= 11 is 1.74. The van der Waals surface area contributed by atoms with Crippen LogP contribution in [0.15, 0.2) is 28.8 Å². The van der Waals surface area contributed by atoms with Crippen molar-refractivity contribution in [1.29, 1.82) is 0 Å². The van der Waals surface area contributed by atoms with Crippen molar-refractivity contribution in [2.45, 2.75) is 18.6 Å². The number of para-hydroxylation sites is 2. The van der Waals surface area contributed by atoms with Crippen LogP contribution in [0.4, 0.5) is 0 Å². The standard InChI is InChI=1S/C14H17N3O3S/c1-21-7-6-9(15)14-16-13(17-20-14)12-8-18-10-4-2-3-5-11(10)19-12/h2-5,9,12H,6-8,15H2,1H3/t9-,12?/m0/s1. The summed E-state index contributed by atoms with van der Waals surface area (Å²) in [6, 6.07) is 7.28. The molecule has 1 aliphatic rings. The molecule has 2 N–H and O–H groups in total. The first-order valence-electron chi connectivity index (χ1n) is 6.74. The second-order valence-electron chi connectivity index (χ2n) is 4.74. The maximum atomic E-state index is 6.02. The average molecular weight is 307 g/mol. The van der Waals surface area contributed by atoms with Gasteiger partial charge in [-0.2, -0.15) is 16.7 Å². The third-order valence-corrected chi connectivity index (χ3v) is 3.85. The van der Waals surface area contributed by atoms with Crippen LogP contribution >= 0.6 is 11.8 Å². The highest BCUT2D eigenvalue weighted by atomic mass is 32.2. The molecule has 21 heavy (non-hydrogen) atoms. The van der Waals surface area contributed by atoms with Crippen LogP contribution in [0.1, 0.15) is 30.3 Å². The van der Waals surface area contributed by atoms with E-state index < -0.39 is 0 Å². The number of benzene rings is 1. The van der Waals surface area contributed by atoms with Crippen molar-refractivity contribution in [3.05, 3.63) is 36.0 Å². The zero-order chi connectivity index (χ0) is 14.7. The molecule has 7 heteroatoms. The van der Waals surface area contributed by atoms with Gasteiger partial charge in [0, 0.05) is 0 Å². The second kappa shape index (κ2) is 6.36. The molecule has 0 bridgehead atoms. The van der Waals surface area contributed by atoms with Crippen LogP contribution in [0, 0.1) is 0 Å². The smallest absolute Gasteiger partial charge is 0.243 e. The summed E-state index contributed by atoms with van der Waals surface area (Å²) in [5.41, 5.74) is 6.02. The Morgan fingerprint density at radius 3 is 3.00 bits per heavy atom. The number of hydrogen-bond acceptors (Lipinski definition) is 7. The first-order valence-corrected chi connectivity index (χ1v) is 8.14. The molecule has 0 radical (unpaired) electrons. The minimum absolute atomic E-state index is 0.240. The van der Waals surface area contributed by atoms with Gasteiger partial charge in [-0.25, -0.2) is 0 Å². The Labute approximate surface area is 127 Å². The van der Waals surface area contributed by atoms with Crippen molar-refractivity contribution in [3.8, 4) is 11.5 Å². The fourth-order valence-corrected chi connectivity index (χ4v) is 2.53. The summed E-state index contributed by atoms with van der Waals surface area (Å²) in [7, 11) is 0. The Morgan fingerprint density at radius 2 is 2.19 bits per heavy atom. The zero-order valence-corrected chi connectivity index (χ0v) is 12.5. The Kier molecular flexibility index (Phi) is 4.31. The number of nitrogens with zero attached hydrogens (tertiary/aromatic N) is 2. The van der Waals surface area contributed by atoms with E-state index in [-0.39, 0.29) is 12.1 Å². The van der Waals surface area contributed by atoms with Gasteiger partial charge < -0.3 is 19.7 Å². The van der Waals surface area contributed by atoms with Crippen molar-refractivity contribution >= 4 is 11.8 Å². The van der Waals surface area contributed by atoms with E-state index in [0.29, 0.717) is 24.1 Å². The maximum absolute atomic E-state index is 6.02. The number of rotatable bonds is 5. The summed E-state index contributed by atoms with van der Waals surface area (Å²) in [5, 5.41) is 3.96. The second-order valence-corrected chi connectivity index (χ2v) is 5.73. The molecule has 0 amide bonds. The Morgan fingerprint density at radius 1 is 1.38 bits per heavy atom. The third kappa shape index (κ3) is 3.14. The summed E-state index contributed by atoms with van der Waals surface area (Å²) in [5.74, 6) is 3.29. The van der Waals surface area contributed by atoms with Gasteiger partial charge >= 0.3 is 0 Å². The Balaban J connectivity index is 1.70. The molecule has 1 aromatic heterocycles. The van der Waals surface area contributed by atoms with E-state index in [4.69, 9.17) is 19.7 Å². The van der Waals surface area contributed by atoms with Crippen molar-refractivity contribution < 1.29 is 14.0 Å². The summed E-state index contributed by atoms with van der Waals surface area (Å²) in [6.45, 7) is 0.357. The van der Waals surface area contributed by atoms with Crippen LogP contribution in [0.5, 0.6) is 11.5 Å². The minimum atomic E-state index is -0.370. The highest BCUT2D eigenvalue weighted by Crippen LogP contribution is 2.35. The topological polar surface area (TPSA) is 83.4 Å².